The Hall–Kier alpha value is -2.12. The predicted molar refractivity (Wildman–Crippen MR) is 106 cm³/mol. The van der Waals surface area contributed by atoms with Crippen molar-refractivity contribution in [3.05, 3.63) is 0 Å². The van der Waals surface area contributed by atoms with Gasteiger partial charge in [-0.2, -0.15) is 0 Å². The van der Waals surface area contributed by atoms with Crippen molar-refractivity contribution >= 4 is 23.8 Å². The molecule has 0 aromatic heterocycles. The first-order valence-corrected chi connectivity index (χ1v) is 10.9. The van der Waals surface area contributed by atoms with E-state index >= 15 is 0 Å². The number of imide groups is 1. The Labute approximate surface area is 172 Å². The molecular formula is C21H33N3O5. The molecule has 8 heteroatoms. The Morgan fingerprint density at radius 1 is 1.17 bits per heavy atom. The first-order valence-electron chi connectivity index (χ1n) is 10.9. The number of ether oxygens (including phenoxy) is 1. The highest BCUT2D eigenvalue weighted by Gasteiger charge is 2.52. The second-order valence-corrected chi connectivity index (χ2v) is 8.90. The van der Waals surface area contributed by atoms with E-state index in [0.717, 1.165) is 37.0 Å². The van der Waals surface area contributed by atoms with Crippen molar-refractivity contribution in [2.45, 2.75) is 77.4 Å². The molecule has 1 unspecified atom stereocenters. The fourth-order valence-corrected chi connectivity index (χ4v) is 4.64. The average molecular weight is 408 g/mol. The summed E-state index contributed by atoms with van der Waals surface area (Å²) in [4.78, 5) is 52.7. The number of carbonyl (C=O) groups is 4. The summed E-state index contributed by atoms with van der Waals surface area (Å²) in [6, 6.07) is -0.550. The number of likely N-dealkylation sites (tertiary alicyclic amines) is 1. The minimum absolute atomic E-state index is 0.225. The number of nitrogens with one attached hydrogen (secondary N) is 1. The molecule has 1 saturated carbocycles. The van der Waals surface area contributed by atoms with E-state index in [-0.39, 0.29) is 11.8 Å². The zero-order chi connectivity index (χ0) is 21.2. The van der Waals surface area contributed by atoms with Gasteiger partial charge in [-0.05, 0) is 57.3 Å². The van der Waals surface area contributed by atoms with Crippen molar-refractivity contribution in [2.24, 2.45) is 11.8 Å². The largest absolute Gasteiger partial charge is 0.451 e. The molecule has 0 aromatic rings. The summed E-state index contributed by atoms with van der Waals surface area (Å²) in [5.74, 6) is -0.140. The summed E-state index contributed by atoms with van der Waals surface area (Å²) in [5.41, 5.74) is -0.880. The quantitative estimate of drug-likeness (QED) is 0.556. The van der Waals surface area contributed by atoms with Crippen LogP contribution in [0.3, 0.4) is 0 Å². The molecule has 0 aromatic carbocycles. The SMILES string of the molecule is CCC1CCC2(CC1)NC(=O)N(CC(=O)OC(C)C(=O)N1CCC(C)CC1)C2=O. The van der Waals surface area contributed by atoms with Gasteiger partial charge in [0.1, 0.15) is 12.1 Å². The lowest BCUT2D eigenvalue weighted by molar-refractivity contribution is -0.161. The highest BCUT2D eigenvalue weighted by atomic mass is 16.5. The smallest absolute Gasteiger partial charge is 0.327 e. The van der Waals surface area contributed by atoms with E-state index in [1.807, 2.05) is 0 Å². The Balaban J connectivity index is 1.53. The number of amides is 4. The number of hydrogen-bond donors (Lipinski definition) is 1. The number of esters is 1. The number of rotatable bonds is 5. The minimum atomic E-state index is -0.925. The van der Waals surface area contributed by atoms with Crippen LogP contribution < -0.4 is 5.32 Å². The van der Waals surface area contributed by atoms with E-state index in [1.165, 1.54) is 6.92 Å². The molecule has 0 radical (unpaired) electrons. The van der Waals surface area contributed by atoms with Gasteiger partial charge in [-0.1, -0.05) is 20.3 Å². The van der Waals surface area contributed by atoms with Crippen LogP contribution in [-0.4, -0.2) is 64.9 Å². The summed E-state index contributed by atoms with van der Waals surface area (Å²) in [5, 5.41) is 2.81. The Morgan fingerprint density at radius 2 is 1.79 bits per heavy atom. The van der Waals surface area contributed by atoms with Crippen LogP contribution in [0.5, 0.6) is 0 Å². The van der Waals surface area contributed by atoms with E-state index in [2.05, 4.69) is 19.2 Å². The molecule has 0 bridgehead atoms. The van der Waals surface area contributed by atoms with Crippen LogP contribution in [0.25, 0.3) is 0 Å². The van der Waals surface area contributed by atoms with Crippen LogP contribution in [0.4, 0.5) is 4.79 Å². The predicted octanol–water partition coefficient (Wildman–Crippen LogP) is 2.07. The highest BCUT2D eigenvalue weighted by Crippen LogP contribution is 2.37. The van der Waals surface area contributed by atoms with Gasteiger partial charge in [-0.15, -0.1) is 0 Å². The maximum atomic E-state index is 12.9. The van der Waals surface area contributed by atoms with Gasteiger partial charge >= 0.3 is 12.0 Å². The maximum Gasteiger partial charge on any atom is 0.327 e. The summed E-state index contributed by atoms with van der Waals surface area (Å²) in [6.07, 6.45) is 5.00. The normalized spacial score (nSPS) is 29.1. The molecule has 3 aliphatic rings. The van der Waals surface area contributed by atoms with E-state index < -0.39 is 30.2 Å². The van der Waals surface area contributed by atoms with Gasteiger partial charge < -0.3 is 15.0 Å². The van der Waals surface area contributed by atoms with E-state index in [9.17, 15) is 19.2 Å². The number of hydrogen-bond acceptors (Lipinski definition) is 5. The molecule has 1 aliphatic carbocycles. The molecular weight excluding hydrogens is 374 g/mol. The third-order valence-corrected chi connectivity index (χ3v) is 6.82. The van der Waals surface area contributed by atoms with E-state index in [4.69, 9.17) is 4.74 Å². The maximum absolute atomic E-state index is 12.9. The molecule has 2 aliphatic heterocycles. The molecule has 29 heavy (non-hydrogen) atoms. The van der Waals surface area contributed by atoms with Crippen molar-refractivity contribution in [2.75, 3.05) is 19.6 Å². The first kappa shape index (κ1) is 21.6. The van der Waals surface area contributed by atoms with Crippen molar-refractivity contribution in [1.29, 1.82) is 0 Å². The molecule has 162 valence electrons. The molecule has 1 spiro atoms. The van der Waals surface area contributed by atoms with Gasteiger partial charge in [0, 0.05) is 13.1 Å². The monoisotopic (exact) mass is 407 g/mol. The average Bonchev–Trinajstić information content (AvgIpc) is 2.92. The lowest BCUT2D eigenvalue weighted by Gasteiger charge is -2.34. The summed E-state index contributed by atoms with van der Waals surface area (Å²) in [7, 11) is 0. The number of piperidine rings is 1. The second kappa shape index (κ2) is 8.71. The Bertz CT molecular complexity index is 663. The molecule has 2 heterocycles. The fraction of sp³-hybridized carbons (Fsp3) is 0.810. The summed E-state index contributed by atoms with van der Waals surface area (Å²) < 4.78 is 5.26. The van der Waals surface area contributed by atoms with Gasteiger partial charge in [0.05, 0.1) is 0 Å². The standard InChI is InChI=1S/C21H33N3O5/c1-4-16-5-9-21(10-6-16)19(27)24(20(28)22-21)13-17(25)29-15(3)18(26)23-11-7-14(2)8-12-23/h14-16H,4-13H2,1-3H3,(H,22,28). The van der Waals surface area contributed by atoms with E-state index in [1.54, 1.807) is 4.90 Å². The number of carbonyl (C=O) groups excluding carboxylic acids is 4. The molecule has 8 nitrogen and oxygen atoms in total. The Kier molecular flexibility index (Phi) is 6.49. The van der Waals surface area contributed by atoms with Crippen LogP contribution >= 0.6 is 0 Å². The molecule has 3 rings (SSSR count). The Morgan fingerprint density at radius 3 is 2.38 bits per heavy atom. The highest BCUT2D eigenvalue weighted by molar-refractivity contribution is 6.08. The molecule has 1 atom stereocenters. The van der Waals surface area contributed by atoms with Crippen molar-refractivity contribution in [3.8, 4) is 0 Å². The van der Waals surface area contributed by atoms with Crippen LogP contribution in [0.2, 0.25) is 0 Å². The molecule has 2 saturated heterocycles. The van der Waals surface area contributed by atoms with Gasteiger partial charge in [-0.25, -0.2) is 4.79 Å². The second-order valence-electron chi connectivity index (χ2n) is 8.90. The zero-order valence-corrected chi connectivity index (χ0v) is 17.7. The molecule has 4 amide bonds. The molecule has 1 N–H and O–H groups in total. The summed E-state index contributed by atoms with van der Waals surface area (Å²) >= 11 is 0. The van der Waals surface area contributed by atoms with Crippen molar-refractivity contribution in [3.63, 3.8) is 0 Å². The minimum Gasteiger partial charge on any atom is -0.451 e. The van der Waals surface area contributed by atoms with Crippen molar-refractivity contribution < 1.29 is 23.9 Å². The van der Waals surface area contributed by atoms with Crippen LogP contribution in [0.1, 0.15) is 65.7 Å². The first-order chi connectivity index (χ1) is 13.8. The lowest BCUT2D eigenvalue weighted by Crippen LogP contribution is -2.50. The third-order valence-electron chi connectivity index (χ3n) is 6.82. The molecule has 3 fully saturated rings. The van der Waals surface area contributed by atoms with Crippen molar-refractivity contribution in [1.82, 2.24) is 15.1 Å². The topological polar surface area (TPSA) is 96.0 Å². The van der Waals surface area contributed by atoms with Gasteiger partial charge in [-0.3, -0.25) is 19.3 Å². The van der Waals surface area contributed by atoms with Crippen LogP contribution in [0.15, 0.2) is 0 Å². The van der Waals surface area contributed by atoms with Crippen LogP contribution in [-0.2, 0) is 19.1 Å². The number of nitrogens with zero attached hydrogens (tertiary/aromatic N) is 2. The fourth-order valence-electron chi connectivity index (χ4n) is 4.64. The van der Waals surface area contributed by atoms with Gasteiger partial charge in [0.2, 0.25) is 0 Å². The third kappa shape index (κ3) is 4.56. The van der Waals surface area contributed by atoms with Crippen LogP contribution in [0, 0.1) is 11.8 Å². The number of urea groups is 1. The summed E-state index contributed by atoms with van der Waals surface area (Å²) in [6.45, 7) is 6.69. The van der Waals surface area contributed by atoms with Gasteiger partial charge in [0.15, 0.2) is 6.10 Å². The van der Waals surface area contributed by atoms with Gasteiger partial charge in [0.25, 0.3) is 11.8 Å². The lowest BCUT2D eigenvalue weighted by atomic mass is 9.75. The van der Waals surface area contributed by atoms with E-state index in [0.29, 0.717) is 37.8 Å². The zero-order valence-electron chi connectivity index (χ0n) is 17.7.